The maximum Gasteiger partial charge on any atom is 0.243 e. The molecule has 3 fully saturated rings. The molecule has 0 aromatic heterocycles. The number of rotatable bonds is 3. The first kappa shape index (κ1) is 13.6. The second-order valence-electron chi connectivity index (χ2n) is 7.06. The summed E-state index contributed by atoms with van der Waals surface area (Å²) in [7, 11) is 0. The van der Waals surface area contributed by atoms with Crippen LogP contribution in [0, 0.1) is 29.6 Å². The molecule has 3 aliphatic rings. The first-order valence-electron chi connectivity index (χ1n) is 7.48. The first-order valence-corrected chi connectivity index (χ1v) is 7.48. The highest BCUT2D eigenvalue weighted by Crippen LogP contribution is 2.57. The van der Waals surface area contributed by atoms with Crippen LogP contribution in [0.3, 0.4) is 0 Å². The van der Waals surface area contributed by atoms with E-state index in [-0.39, 0.29) is 29.6 Å². The van der Waals surface area contributed by atoms with Gasteiger partial charge in [-0.25, -0.2) is 0 Å². The number of carbonyl (C=O) groups is 3. The van der Waals surface area contributed by atoms with Crippen molar-refractivity contribution in [2.75, 3.05) is 0 Å². The standard InChI is InChI=1S/C15H22N2O3/c1-7(2)15(3,14(16)20)17-12(18)10-8-4-5-9(6-8)11(10)13(17)19/h7-11H,4-6H2,1-3H3,(H2,16,20)/t8-,9+,10-,11+,15?. The number of amides is 3. The van der Waals surface area contributed by atoms with Gasteiger partial charge in [0.1, 0.15) is 5.54 Å². The number of hydrogen-bond donors (Lipinski definition) is 1. The van der Waals surface area contributed by atoms with E-state index >= 15 is 0 Å². The van der Waals surface area contributed by atoms with Crippen LogP contribution in [0.4, 0.5) is 0 Å². The van der Waals surface area contributed by atoms with Gasteiger partial charge in [0.05, 0.1) is 11.8 Å². The lowest BCUT2D eigenvalue weighted by Crippen LogP contribution is -2.61. The molecule has 3 rings (SSSR count). The molecule has 110 valence electrons. The summed E-state index contributed by atoms with van der Waals surface area (Å²) in [6, 6.07) is 0. The monoisotopic (exact) mass is 278 g/mol. The van der Waals surface area contributed by atoms with Crippen molar-refractivity contribution >= 4 is 17.7 Å². The van der Waals surface area contributed by atoms with Crippen molar-refractivity contribution in [3.05, 3.63) is 0 Å². The Morgan fingerprint density at radius 3 is 2.00 bits per heavy atom. The van der Waals surface area contributed by atoms with Crippen molar-refractivity contribution in [1.82, 2.24) is 4.90 Å². The molecule has 0 aromatic rings. The Hall–Kier alpha value is -1.39. The molecule has 1 saturated heterocycles. The van der Waals surface area contributed by atoms with Gasteiger partial charge in [-0.15, -0.1) is 0 Å². The van der Waals surface area contributed by atoms with E-state index in [0.29, 0.717) is 11.8 Å². The second-order valence-corrected chi connectivity index (χ2v) is 7.06. The van der Waals surface area contributed by atoms with Crippen LogP contribution in [-0.4, -0.2) is 28.2 Å². The Morgan fingerprint density at radius 2 is 1.65 bits per heavy atom. The van der Waals surface area contributed by atoms with Crippen LogP contribution in [0.15, 0.2) is 0 Å². The summed E-state index contributed by atoms with van der Waals surface area (Å²) in [6.07, 6.45) is 3.07. The zero-order chi connectivity index (χ0) is 14.8. The van der Waals surface area contributed by atoms with Crippen molar-refractivity contribution < 1.29 is 14.4 Å². The molecule has 1 aliphatic heterocycles. The van der Waals surface area contributed by atoms with Crippen molar-refractivity contribution in [3.63, 3.8) is 0 Å². The Bertz CT molecular complexity index is 473. The molecule has 5 atom stereocenters. The Balaban J connectivity index is 2.02. The highest BCUT2D eigenvalue weighted by Gasteiger charge is 2.65. The molecule has 0 spiro atoms. The minimum absolute atomic E-state index is 0.165. The summed E-state index contributed by atoms with van der Waals surface area (Å²) in [6.45, 7) is 5.28. The van der Waals surface area contributed by atoms with E-state index in [1.807, 2.05) is 13.8 Å². The minimum atomic E-state index is -1.21. The number of imide groups is 1. The molecule has 2 aliphatic carbocycles. The second kappa shape index (κ2) is 4.06. The molecule has 1 heterocycles. The van der Waals surface area contributed by atoms with E-state index in [0.717, 1.165) is 19.3 Å². The Kier molecular flexibility index (Phi) is 2.76. The molecular formula is C15H22N2O3. The fourth-order valence-corrected chi connectivity index (χ4v) is 4.52. The van der Waals surface area contributed by atoms with Crippen LogP contribution in [0.25, 0.3) is 0 Å². The third-order valence-electron chi connectivity index (χ3n) is 6.02. The largest absolute Gasteiger partial charge is 0.368 e. The van der Waals surface area contributed by atoms with E-state index in [1.54, 1.807) is 6.92 Å². The van der Waals surface area contributed by atoms with E-state index in [4.69, 9.17) is 5.73 Å². The van der Waals surface area contributed by atoms with Crippen molar-refractivity contribution in [2.45, 2.75) is 45.6 Å². The normalized spacial score (nSPS) is 38.5. The maximum absolute atomic E-state index is 12.7. The zero-order valence-corrected chi connectivity index (χ0v) is 12.3. The lowest BCUT2D eigenvalue weighted by molar-refractivity contribution is -0.156. The molecule has 1 unspecified atom stereocenters. The molecule has 5 nitrogen and oxygen atoms in total. The number of nitrogens with two attached hydrogens (primary N) is 1. The molecule has 20 heavy (non-hydrogen) atoms. The van der Waals surface area contributed by atoms with Gasteiger partial charge in [0.15, 0.2) is 0 Å². The van der Waals surface area contributed by atoms with Gasteiger partial charge in [-0.2, -0.15) is 0 Å². The summed E-state index contributed by atoms with van der Waals surface area (Å²) in [5.74, 6) is -0.848. The number of carbonyl (C=O) groups excluding carboxylic acids is 3. The molecule has 2 bridgehead atoms. The molecule has 5 heteroatoms. The van der Waals surface area contributed by atoms with E-state index in [9.17, 15) is 14.4 Å². The van der Waals surface area contributed by atoms with Crippen LogP contribution in [0.1, 0.15) is 40.0 Å². The van der Waals surface area contributed by atoms with Crippen LogP contribution in [0.5, 0.6) is 0 Å². The van der Waals surface area contributed by atoms with E-state index < -0.39 is 11.4 Å². The lowest BCUT2D eigenvalue weighted by Gasteiger charge is -2.38. The van der Waals surface area contributed by atoms with Crippen LogP contribution in [-0.2, 0) is 14.4 Å². The van der Waals surface area contributed by atoms with Crippen molar-refractivity contribution in [3.8, 4) is 0 Å². The molecular weight excluding hydrogens is 256 g/mol. The van der Waals surface area contributed by atoms with Gasteiger partial charge in [0.2, 0.25) is 17.7 Å². The molecule has 0 aromatic carbocycles. The smallest absolute Gasteiger partial charge is 0.243 e. The van der Waals surface area contributed by atoms with E-state index in [1.165, 1.54) is 4.90 Å². The maximum atomic E-state index is 12.7. The number of nitrogens with zero attached hydrogens (tertiary/aromatic N) is 1. The van der Waals surface area contributed by atoms with Crippen LogP contribution < -0.4 is 5.73 Å². The third kappa shape index (κ3) is 1.41. The summed E-state index contributed by atoms with van der Waals surface area (Å²) >= 11 is 0. The summed E-state index contributed by atoms with van der Waals surface area (Å²) in [4.78, 5) is 38.6. The topological polar surface area (TPSA) is 80.5 Å². The predicted octanol–water partition coefficient (Wildman–Crippen LogP) is 0.917. The van der Waals surface area contributed by atoms with Gasteiger partial charge in [-0.3, -0.25) is 19.3 Å². The summed E-state index contributed by atoms with van der Waals surface area (Å²) < 4.78 is 0. The van der Waals surface area contributed by atoms with Crippen LogP contribution in [0.2, 0.25) is 0 Å². The SMILES string of the molecule is CC(C)C(C)(C(N)=O)N1C(=O)[C@@H]2[C@@H]3CC[C@@H](C3)[C@@H]2C1=O. The lowest BCUT2D eigenvalue weighted by atomic mass is 9.81. The number of primary amides is 1. The van der Waals surface area contributed by atoms with Crippen LogP contribution >= 0.6 is 0 Å². The Labute approximate surface area is 118 Å². The quantitative estimate of drug-likeness (QED) is 0.779. The molecule has 0 radical (unpaired) electrons. The Morgan fingerprint density at radius 1 is 1.20 bits per heavy atom. The van der Waals surface area contributed by atoms with Gasteiger partial charge in [0.25, 0.3) is 0 Å². The third-order valence-corrected chi connectivity index (χ3v) is 6.02. The van der Waals surface area contributed by atoms with Crippen molar-refractivity contribution in [2.24, 2.45) is 35.3 Å². The van der Waals surface area contributed by atoms with Gasteiger partial charge < -0.3 is 5.73 Å². The molecule has 3 amide bonds. The first-order chi connectivity index (χ1) is 9.30. The van der Waals surface area contributed by atoms with Gasteiger partial charge in [-0.05, 0) is 43.9 Å². The average molecular weight is 278 g/mol. The predicted molar refractivity (Wildman–Crippen MR) is 72.1 cm³/mol. The van der Waals surface area contributed by atoms with Gasteiger partial charge in [-0.1, -0.05) is 13.8 Å². The number of likely N-dealkylation sites (tertiary alicyclic amines) is 1. The fraction of sp³-hybridized carbons (Fsp3) is 0.800. The highest BCUT2D eigenvalue weighted by molar-refractivity contribution is 6.10. The van der Waals surface area contributed by atoms with E-state index in [2.05, 4.69) is 0 Å². The highest BCUT2D eigenvalue weighted by atomic mass is 16.2. The summed E-state index contributed by atoms with van der Waals surface area (Å²) in [5, 5.41) is 0. The average Bonchev–Trinajstić information content (AvgIpc) is 3.02. The fourth-order valence-electron chi connectivity index (χ4n) is 4.52. The summed E-state index contributed by atoms with van der Waals surface area (Å²) in [5.41, 5.74) is 4.32. The number of fused-ring (bicyclic) bond motifs is 5. The van der Waals surface area contributed by atoms with Gasteiger partial charge >= 0.3 is 0 Å². The molecule has 2 N–H and O–H groups in total. The van der Waals surface area contributed by atoms with Crippen molar-refractivity contribution in [1.29, 1.82) is 0 Å². The minimum Gasteiger partial charge on any atom is -0.368 e. The zero-order valence-electron chi connectivity index (χ0n) is 12.3. The number of hydrogen-bond acceptors (Lipinski definition) is 3. The molecule has 2 saturated carbocycles. The van der Waals surface area contributed by atoms with Gasteiger partial charge in [0, 0.05) is 0 Å².